The molecule has 2 aromatic carbocycles. The molecule has 31 heavy (non-hydrogen) atoms. The van der Waals surface area contributed by atoms with Crippen molar-refractivity contribution in [2.24, 2.45) is 5.41 Å². The smallest absolute Gasteiger partial charge is 0.257 e. The van der Waals surface area contributed by atoms with Crippen LogP contribution in [0, 0.1) is 32.0 Å². The second kappa shape index (κ2) is 6.94. The van der Waals surface area contributed by atoms with E-state index >= 15 is 0 Å². The van der Waals surface area contributed by atoms with Crippen molar-refractivity contribution in [1.29, 1.82) is 0 Å². The Kier molecular flexibility index (Phi) is 4.43. The van der Waals surface area contributed by atoms with Gasteiger partial charge in [-0.1, -0.05) is 24.3 Å². The summed E-state index contributed by atoms with van der Waals surface area (Å²) in [6.07, 6.45) is 4.05. The molecule has 1 saturated carbocycles. The lowest BCUT2D eigenvalue weighted by atomic mass is 9.60. The molecular weight excluding hydrogens is 393 g/mol. The molecule has 1 amide bonds. The first-order valence-electron chi connectivity index (χ1n) is 10.7. The minimum atomic E-state index is -0.580. The summed E-state index contributed by atoms with van der Waals surface area (Å²) in [5.41, 5.74) is 5.04. The van der Waals surface area contributed by atoms with Crippen molar-refractivity contribution < 1.29 is 14.3 Å². The summed E-state index contributed by atoms with van der Waals surface area (Å²) in [4.78, 5) is 14.4. The summed E-state index contributed by atoms with van der Waals surface area (Å²) >= 11 is 0. The van der Waals surface area contributed by atoms with Crippen molar-refractivity contribution in [3.63, 3.8) is 0 Å². The highest BCUT2D eigenvalue weighted by atomic mass is 19.1. The van der Waals surface area contributed by atoms with E-state index in [2.05, 4.69) is 36.9 Å². The Balaban J connectivity index is 1.25. The topological polar surface area (TPSA) is 58.4 Å². The van der Waals surface area contributed by atoms with Gasteiger partial charge >= 0.3 is 0 Å². The summed E-state index contributed by atoms with van der Waals surface area (Å²) in [5.74, 6) is -0.982. The predicted octanol–water partition coefficient (Wildman–Crippen LogP) is 4.80. The van der Waals surface area contributed by atoms with Crippen LogP contribution in [0.2, 0.25) is 0 Å². The molecule has 5 rings (SSSR count). The van der Waals surface area contributed by atoms with Crippen LogP contribution in [0.15, 0.2) is 42.6 Å². The van der Waals surface area contributed by atoms with Crippen LogP contribution >= 0.6 is 0 Å². The Hall–Kier alpha value is -3.15. The number of nitrogens with zero attached hydrogens (tertiary/aromatic N) is 3. The molecule has 1 aliphatic carbocycles. The van der Waals surface area contributed by atoms with Gasteiger partial charge < -0.3 is 10.0 Å². The molecule has 0 radical (unpaired) electrons. The fraction of sp³-hybridized carbons (Fsp3) is 0.360. The highest BCUT2D eigenvalue weighted by Crippen LogP contribution is 2.54. The number of phenols is 1. The Bertz CT molecular complexity index is 1190. The van der Waals surface area contributed by atoms with Gasteiger partial charge in [-0.2, -0.15) is 5.10 Å². The van der Waals surface area contributed by atoms with Crippen molar-refractivity contribution in [3.05, 3.63) is 70.7 Å². The van der Waals surface area contributed by atoms with E-state index in [-0.39, 0.29) is 22.6 Å². The molecule has 1 aromatic heterocycles. The number of benzene rings is 2. The molecule has 160 valence electrons. The van der Waals surface area contributed by atoms with E-state index in [1.54, 1.807) is 11.8 Å². The third kappa shape index (κ3) is 3.21. The standard InChI is InChI=1S/C25H26FN3O2/c1-15-6-4-5-7-19(15)23-17(3)12-29(27-23)18-10-25(11-18)13-28(14-25)24(31)20-9-22(30)16(2)8-21(20)26/h4-9,12,18,30H,10-11,13-14H2,1-3H3. The first-order chi connectivity index (χ1) is 14.8. The zero-order valence-electron chi connectivity index (χ0n) is 18.0. The van der Waals surface area contributed by atoms with Gasteiger partial charge in [0.2, 0.25) is 0 Å². The lowest BCUT2D eigenvalue weighted by Gasteiger charge is -2.58. The molecule has 2 fully saturated rings. The SMILES string of the molecule is Cc1cc(F)c(C(=O)N2CC3(CC(n4cc(C)c(-c5ccccc5C)n4)C3)C2)cc1O. The van der Waals surface area contributed by atoms with Crippen LogP contribution in [0.3, 0.4) is 0 Å². The Morgan fingerprint density at radius 2 is 1.81 bits per heavy atom. The van der Waals surface area contributed by atoms with Gasteiger partial charge in [0.05, 0.1) is 17.3 Å². The van der Waals surface area contributed by atoms with Crippen molar-refractivity contribution in [2.45, 2.75) is 39.7 Å². The molecule has 2 heterocycles. The maximum Gasteiger partial charge on any atom is 0.257 e. The molecule has 1 saturated heterocycles. The summed E-state index contributed by atoms with van der Waals surface area (Å²) in [6, 6.07) is 11.1. The lowest BCUT2D eigenvalue weighted by molar-refractivity contribution is -0.0739. The summed E-state index contributed by atoms with van der Waals surface area (Å²) in [5, 5.41) is 14.7. The van der Waals surface area contributed by atoms with Crippen LogP contribution in [-0.2, 0) is 0 Å². The number of amides is 1. The van der Waals surface area contributed by atoms with Crippen LogP contribution in [0.5, 0.6) is 5.75 Å². The van der Waals surface area contributed by atoms with Gasteiger partial charge in [0.15, 0.2) is 0 Å². The van der Waals surface area contributed by atoms with E-state index in [9.17, 15) is 14.3 Å². The van der Waals surface area contributed by atoms with E-state index in [4.69, 9.17) is 5.10 Å². The van der Waals surface area contributed by atoms with Crippen LogP contribution in [-0.4, -0.2) is 38.8 Å². The number of aromatic nitrogens is 2. The fourth-order valence-electron chi connectivity index (χ4n) is 5.06. The molecule has 1 aliphatic heterocycles. The molecule has 5 nitrogen and oxygen atoms in total. The highest BCUT2D eigenvalue weighted by molar-refractivity contribution is 5.95. The van der Waals surface area contributed by atoms with Crippen LogP contribution < -0.4 is 0 Å². The third-order valence-electron chi connectivity index (χ3n) is 6.88. The lowest BCUT2D eigenvalue weighted by Crippen LogP contribution is -2.63. The van der Waals surface area contributed by atoms with Gasteiger partial charge in [-0.25, -0.2) is 4.39 Å². The molecule has 0 unspecified atom stereocenters. The van der Waals surface area contributed by atoms with Crippen molar-refractivity contribution in [1.82, 2.24) is 14.7 Å². The normalized spacial score (nSPS) is 17.5. The zero-order chi connectivity index (χ0) is 21.9. The number of aryl methyl sites for hydroxylation is 3. The Morgan fingerprint density at radius 3 is 2.52 bits per heavy atom. The number of hydrogen-bond donors (Lipinski definition) is 1. The second-order valence-electron chi connectivity index (χ2n) is 9.30. The minimum Gasteiger partial charge on any atom is -0.508 e. The summed E-state index contributed by atoms with van der Waals surface area (Å²) in [6.45, 7) is 7.06. The van der Waals surface area contributed by atoms with Gasteiger partial charge in [0, 0.05) is 30.3 Å². The summed E-state index contributed by atoms with van der Waals surface area (Å²) in [7, 11) is 0. The fourth-order valence-corrected chi connectivity index (χ4v) is 5.06. The zero-order valence-corrected chi connectivity index (χ0v) is 18.0. The molecule has 1 spiro atoms. The number of carbonyl (C=O) groups is 1. The molecule has 0 bridgehead atoms. The van der Waals surface area contributed by atoms with Gasteiger partial charge in [-0.05, 0) is 62.4 Å². The second-order valence-corrected chi connectivity index (χ2v) is 9.30. The quantitative estimate of drug-likeness (QED) is 0.664. The van der Waals surface area contributed by atoms with E-state index in [1.165, 1.54) is 17.7 Å². The predicted molar refractivity (Wildman–Crippen MR) is 117 cm³/mol. The molecule has 2 aliphatic rings. The Morgan fingerprint density at radius 1 is 1.10 bits per heavy atom. The van der Waals surface area contributed by atoms with E-state index in [1.807, 2.05) is 12.1 Å². The minimum absolute atomic E-state index is 0.0535. The van der Waals surface area contributed by atoms with E-state index in [0.717, 1.165) is 29.7 Å². The molecule has 6 heteroatoms. The van der Waals surface area contributed by atoms with Gasteiger partial charge in [0.1, 0.15) is 11.6 Å². The number of hydrogen-bond acceptors (Lipinski definition) is 3. The largest absolute Gasteiger partial charge is 0.508 e. The van der Waals surface area contributed by atoms with Crippen LogP contribution in [0.25, 0.3) is 11.3 Å². The number of carbonyl (C=O) groups excluding carboxylic acids is 1. The number of rotatable bonds is 3. The number of halogens is 1. The van der Waals surface area contributed by atoms with Gasteiger partial charge in [-0.3, -0.25) is 9.48 Å². The average molecular weight is 420 g/mol. The maximum absolute atomic E-state index is 14.2. The monoisotopic (exact) mass is 419 g/mol. The Labute approximate surface area is 181 Å². The number of likely N-dealkylation sites (tertiary alicyclic amines) is 1. The van der Waals surface area contributed by atoms with Crippen molar-refractivity contribution in [3.8, 4) is 17.0 Å². The molecule has 1 N–H and O–H groups in total. The summed E-state index contributed by atoms with van der Waals surface area (Å²) < 4.78 is 16.3. The molecule has 3 aromatic rings. The first kappa shape index (κ1) is 19.8. The van der Waals surface area contributed by atoms with Crippen LogP contribution in [0.1, 0.15) is 45.9 Å². The van der Waals surface area contributed by atoms with Gasteiger partial charge in [0.25, 0.3) is 5.91 Å². The average Bonchev–Trinajstić information content (AvgIpc) is 3.03. The number of phenolic OH excluding ortho intramolecular Hbond substituents is 1. The number of aromatic hydroxyl groups is 1. The molecular formula is C25H26FN3O2. The van der Waals surface area contributed by atoms with Gasteiger partial charge in [-0.15, -0.1) is 0 Å². The third-order valence-corrected chi connectivity index (χ3v) is 6.88. The van der Waals surface area contributed by atoms with E-state index < -0.39 is 5.82 Å². The molecule has 0 atom stereocenters. The van der Waals surface area contributed by atoms with Crippen molar-refractivity contribution >= 4 is 5.91 Å². The van der Waals surface area contributed by atoms with E-state index in [0.29, 0.717) is 24.7 Å². The highest BCUT2D eigenvalue weighted by Gasteiger charge is 2.54. The first-order valence-corrected chi connectivity index (χ1v) is 10.7. The van der Waals surface area contributed by atoms with Crippen molar-refractivity contribution in [2.75, 3.05) is 13.1 Å². The maximum atomic E-state index is 14.2. The van der Waals surface area contributed by atoms with Crippen LogP contribution in [0.4, 0.5) is 4.39 Å².